The monoisotopic (exact) mass is 361 g/mol. The van der Waals surface area contributed by atoms with Crippen LogP contribution in [-0.4, -0.2) is 65.5 Å². The Bertz CT molecular complexity index is 652. The Balaban J connectivity index is 1.40. The summed E-state index contributed by atoms with van der Waals surface area (Å²) < 4.78 is 0. The number of nitrogens with zero attached hydrogens (tertiary/aromatic N) is 2. The fourth-order valence-electron chi connectivity index (χ4n) is 3.31. The highest BCUT2D eigenvalue weighted by atomic mass is 32.2. The van der Waals surface area contributed by atoms with Crippen molar-refractivity contribution in [3.8, 4) is 0 Å². The number of carbonyl (C=O) groups is 3. The van der Waals surface area contributed by atoms with Crippen molar-refractivity contribution in [1.29, 1.82) is 0 Å². The van der Waals surface area contributed by atoms with Crippen LogP contribution in [0.4, 0.5) is 0 Å². The third-order valence-electron chi connectivity index (χ3n) is 4.61. The van der Waals surface area contributed by atoms with E-state index in [4.69, 9.17) is 0 Å². The number of likely N-dealkylation sites (N-methyl/N-ethyl adjacent to an activating group) is 1. The molecule has 0 spiro atoms. The van der Waals surface area contributed by atoms with E-state index in [1.165, 1.54) is 10.5 Å². The van der Waals surface area contributed by atoms with Gasteiger partial charge >= 0.3 is 0 Å². The van der Waals surface area contributed by atoms with Crippen LogP contribution in [0.5, 0.6) is 0 Å². The van der Waals surface area contributed by atoms with Crippen molar-refractivity contribution in [2.75, 3.05) is 25.9 Å². The standard InChI is InChI=1S/C18H23N3O3S/c1-20-11-17(23)21-10-14(9-15(21)18(20)24)19-16(22)7-8-25-12-13-5-3-2-4-6-13/h2-6,14-15H,7-12H2,1H3,(H,19,22)/t14-,15-/m0/s1. The number of amides is 3. The van der Waals surface area contributed by atoms with Crippen molar-refractivity contribution in [2.45, 2.75) is 30.7 Å². The molecule has 6 nitrogen and oxygen atoms in total. The molecule has 2 fully saturated rings. The first-order valence-corrected chi connectivity index (χ1v) is 9.65. The van der Waals surface area contributed by atoms with Crippen LogP contribution in [0.15, 0.2) is 30.3 Å². The van der Waals surface area contributed by atoms with Gasteiger partial charge in [0, 0.05) is 37.6 Å². The average molecular weight is 361 g/mol. The molecule has 3 amide bonds. The molecular formula is C18H23N3O3S. The van der Waals surface area contributed by atoms with Gasteiger partial charge in [0.05, 0.1) is 6.54 Å². The summed E-state index contributed by atoms with van der Waals surface area (Å²) in [6, 6.07) is 9.62. The van der Waals surface area contributed by atoms with Gasteiger partial charge in [-0.05, 0) is 12.0 Å². The molecule has 1 aromatic carbocycles. The van der Waals surface area contributed by atoms with Crippen molar-refractivity contribution < 1.29 is 14.4 Å². The first kappa shape index (κ1) is 17.8. The number of thioether (sulfide) groups is 1. The maximum atomic E-state index is 12.1. The Morgan fingerprint density at radius 1 is 1.28 bits per heavy atom. The molecule has 2 aliphatic heterocycles. The summed E-state index contributed by atoms with van der Waals surface area (Å²) >= 11 is 1.73. The van der Waals surface area contributed by atoms with Gasteiger partial charge in [-0.2, -0.15) is 11.8 Å². The zero-order valence-electron chi connectivity index (χ0n) is 14.3. The van der Waals surface area contributed by atoms with E-state index in [9.17, 15) is 14.4 Å². The molecule has 1 N–H and O–H groups in total. The second kappa shape index (κ2) is 7.91. The van der Waals surface area contributed by atoms with Crippen LogP contribution in [0.3, 0.4) is 0 Å². The zero-order valence-corrected chi connectivity index (χ0v) is 15.1. The molecule has 134 valence electrons. The van der Waals surface area contributed by atoms with Gasteiger partial charge in [-0.3, -0.25) is 14.4 Å². The minimum absolute atomic E-state index is 0.0151. The molecule has 0 bridgehead atoms. The van der Waals surface area contributed by atoms with Gasteiger partial charge in [0.1, 0.15) is 6.04 Å². The third kappa shape index (κ3) is 4.34. The van der Waals surface area contributed by atoms with Crippen LogP contribution in [0, 0.1) is 0 Å². The predicted octanol–water partition coefficient (Wildman–Crippen LogP) is 0.868. The lowest BCUT2D eigenvalue weighted by atomic mass is 10.1. The number of benzene rings is 1. The van der Waals surface area contributed by atoms with Crippen LogP contribution in [-0.2, 0) is 20.1 Å². The Hall–Kier alpha value is -2.02. The van der Waals surface area contributed by atoms with E-state index in [0.717, 1.165) is 11.5 Å². The molecule has 0 saturated carbocycles. The number of hydrogen-bond acceptors (Lipinski definition) is 4. The van der Waals surface area contributed by atoms with Gasteiger partial charge in [-0.1, -0.05) is 30.3 Å². The maximum Gasteiger partial charge on any atom is 0.245 e. The summed E-state index contributed by atoms with van der Waals surface area (Å²) in [4.78, 5) is 39.4. The fourth-order valence-corrected chi connectivity index (χ4v) is 4.21. The Labute approximate surface area is 151 Å². The van der Waals surface area contributed by atoms with E-state index in [1.54, 1.807) is 23.7 Å². The van der Waals surface area contributed by atoms with E-state index >= 15 is 0 Å². The molecule has 2 aliphatic rings. The zero-order chi connectivity index (χ0) is 17.8. The minimum Gasteiger partial charge on any atom is -0.351 e. The average Bonchev–Trinajstić information content (AvgIpc) is 3.02. The number of fused-ring (bicyclic) bond motifs is 1. The summed E-state index contributed by atoms with van der Waals surface area (Å²) in [5, 5.41) is 2.97. The van der Waals surface area contributed by atoms with Gasteiger partial charge in [0.2, 0.25) is 17.7 Å². The van der Waals surface area contributed by atoms with Crippen molar-refractivity contribution in [3.63, 3.8) is 0 Å². The fraction of sp³-hybridized carbons (Fsp3) is 0.500. The molecule has 0 radical (unpaired) electrons. The van der Waals surface area contributed by atoms with Crippen molar-refractivity contribution in [2.24, 2.45) is 0 Å². The molecule has 1 aromatic rings. The lowest BCUT2D eigenvalue weighted by Crippen LogP contribution is -2.55. The first-order valence-electron chi connectivity index (χ1n) is 8.50. The molecule has 0 aromatic heterocycles. The molecule has 2 heterocycles. The lowest BCUT2D eigenvalue weighted by molar-refractivity contribution is -0.152. The molecule has 3 rings (SSSR count). The van der Waals surface area contributed by atoms with Crippen LogP contribution in [0.1, 0.15) is 18.4 Å². The summed E-state index contributed by atoms with van der Waals surface area (Å²) in [5.74, 6) is 1.56. The van der Waals surface area contributed by atoms with E-state index in [0.29, 0.717) is 19.4 Å². The van der Waals surface area contributed by atoms with E-state index in [2.05, 4.69) is 17.4 Å². The second-order valence-electron chi connectivity index (χ2n) is 6.54. The second-order valence-corrected chi connectivity index (χ2v) is 7.65. The quantitative estimate of drug-likeness (QED) is 0.764. The minimum atomic E-state index is -0.413. The number of hydrogen-bond donors (Lipinski definition) is 1. The van der Waals surface area contributed by atoms with Gasteiger partial charge in [-0.15, -0.1) is 0 Å². The number of piperazine rings is 1. The lowest BCUT2D eigenvalue weighted by Gasteiger charge is -2.33. The molecule has 0 aliphatic carbocycles. The Morgan fingerprint density at radius 2 is 2.04 bits per heavy atom. The molecular weight excluding hydrogens is 338 g/mol. The van der Waals surface area contributed by atoms with Crippen molar-refractivity contribution in [3.05, 3.63) is 35.9 Å². The van der Waals surface area contributed by atoms with Crippen LogP contribution in [0.2, 0.25) is 0 Å². The van der Waals surface area contributed by atoms with Crippen LogP contribution >= 0.6 is 11.8 Å². The highest BCUT2D eigenvalue weighted by Gasteiger charge is 2.44. The Morgan fingerprint density at radius 3 is 2.80 bits per heavy atom. The number of carbonyl (C=O) groups excluding carboxylic acids is 3. The Kier molecular flexibility index (Phi) is 5.63. The summed E-state index contributed by atoms with van der Waals surface area (Å²) in [6.07, 6.45) is 0.957. The highest BCUT2D eigenvalue weighted by Crippen LogP contribution is 2.23. The van der Waals surface area contributed by atoms with Gasteiger partial charge in [0.25, 0.3) is 0 Å². The summed E-state index contributed by atoms with van der Waals surface area (Å²) in [5.41, 5.74) is 1.25. The van der Waals surface area contributed by atoms with E-state index in [-0.39, 0.29) is 30.3 Å². The number of nitrogens with one attached hydrogen (secondary N) is 1. The van der Waals surface area contributed by atoms with Gasteiger partial charge in [0.15, 0.2) is 0 Å². The maximum absolute atomic E-state index is 12.1. The summed E-state index contributed by atoms with van der Waals surface area (Å²) in [7, 11) is 1.65. The molecule has 7 heteroatoms. The number of rotatable bonds is 6. The molecule has 2 saturated heterocycles. The first-order chi connectivity index (χ1) is 12.0. The van der Waals surface area contributed by atoms with Gasteiger partial charge < -0.3 is 15.1 Å². The molecule has 25 heavy (non-hydrogen) atoms. The van der Waals surface area contributed by atoms with Crippen molar-refractivity contribution >= 4 is 29.5 Å². The predicted molar refractivity (Wildman–Crippen MR) is 96.9 cm³/mol. The van der Waals surface area contributed by atoms with E-state index in [1.807, 2.05) is 18.2 Å². The molecule has 2 atom stereocenters. The highest BCUT2D eigenvalue weighted by molar-refractivity contribution is 7.98. The van der Waals surface area contributed by atoms with Crippen LogP contribution in [0.25, 0.3) is 0 Å². The van der Waals surface area contributed by atoms with Gasteiger partial charge in [-0.25, -0.2) is 0 Å². The third-order valence-corrected chi connectivity index (χ3v) is 5.64. The van der Waals surface area contributed by atoms with Crippen LogP contribution < -0.4 is 5.32 Å². The topological polar surface area (TPSA) is 69.7 Å². The van der Waals surface area contributed by atoms with E-state index < -0.39 is 6.04 Å². The van der Waals surface area contributed by atoms with Crippen molar-refractivity contribution in [1.82, 2.24) is 15.1 Å². The largest absolute Gasteiger partial charge is 0.351 e. The normalized spacial score (nSPS) is 22.9. The summed E-state index contributed by atoms with van der Waals surface area (Å²) in [6.45, 7) is 0.568. The molecule has 0 unspecified atom stereocenters. The SMILES string of the molecule is CN1CC(=O)N2C[C@@H](NC(=O)CCSCc3ccccc3)C[C@H]2C1=O. The smallest absolute Gasteiger partial charge is 0.245 e.